The van der Waals surface area contributed by atoms with E-state index in [9.17, 15) is 9.59 Å². The number of aliphatic imine (C=N–C) groups is 1. The maximum absolute atomic E-state index is 9.55. The van der Waals surface area contributed by atoms with E-state index in [0.29, 0.717) is 18.1 Å². The summed E-state index contributed by atoms with van der Waals surface area (Å²) >= 11 is 6.01. The Kier molecular flexibility index (Phi) is 6.11. The van der Waals surface area contributed by atoms with E-state index in [1.54, 1.807) is 0 Å². The molecule has 2 aliphatic rings. The molecule has 1 atom stereocenters. The Bertz CT molecular complexity index is 922. The number of rotatable bonds is 3. The Morgan fingerprint density at radius 1 is 1.04 bits per heavy atom. The molecular weight excluding hydrogens is 380 g/mol. The third kappa shape index (κ3) is 4.58. The molecule has 144 valence electrons. The van der Waals surface area contributed by atoms with Crippen molar-refractivity contribution in [2.24, 2.45) is 4.99 Å². The lowest BCUT2D eigenvalue weighted by atomic mass is 9.84. The van der Waals surface area contributed by atoms with Crippen molar-refractivity contribution < 1.29 is 19.8 Å². The van der Waals surface area contributed by atoms with Crippen molar-refractivity contribution in [3.05, 3.63) is 82.4 Å². The quantitative estimate of drug-likeness (QED) is 0.774. The van der Waals surface area contributed by atoms with Gasteiger partial charge in [-0.25, -0.2) is 9.59 Å². The molecule has 0 amide bonds. The molecule has 2 aromatic rings. The number of carboxylic acid groups (broad SMARTS) is 2. The Morgan fingerprint density at radius 3 is 2.32 bits per heavy atom. The summed E-state index contributed by atoms with van der Waals surface area (Å²) in [4.78, 5) is 26.2. The third-order valence-corrected chi connectivity index (χ3v) is 4.80. The van der Waals surface area contributed by atoms with E-state index < -0.39 is 11.9 Å². The van der Waals surface area contributed by atoms with Crippen LogP contribution in [0.1, 0.15) is 22.6 Å². The fraction of sp³-hybridized carbons (Fsp3) is 0.190. The minimum Gasteiger partial charge on any atom is -0.478 e. The lowest BCUT2D eigenvalue weighted by Gasteiger charge is -2.34. The fourth-order valence-corrected chi connectivity index (χ4v) is 3.49. The van der Waals surface area contributed by atoms with Crippen molar-refractivity contribution in [1.82, 2.24) is 4.90 Å². The predicted octanol–water partition coefficient (Wildman–Crippen LogP) is 3.26. The third-order valence-electron chi connectivity index (χ3n) is 4.55. The first-order valence-electron chi connectivity index (χ1n) is 8.74. The molecule has 0 saturated carbocycles. The number of benzene rings is 2. The van der Waals surface area contributed by atoms with Gasteiger partial charge in [-0.05, 0) is 23.3 Å². The molecule has 2 heterocycles. The first-order chi connectivity index (χ1) is 13.5. The van der Waals surface area contributed by atoms with Crippen LogP contribution in [0.4, 0.5) is 0 Å². The summed E-state index contributed by atoms with van der Waals surface area (Å²) in [6, 6.07) is 16.9. The minimum atomic E-state index is -1.26. The highest BCUT2D eigenvalue weighted by Gasteiger charge is 2.32. The van der Waals surface area contributed by atoms with Gasteiger partial charge < -0.3 is 15.1 Å². The largest absolute Gasteiger partial charge is 0.478 e. The minimum absolute atomic E-state index is 0.403. The Morgan fingerprint density at radius 2 is 1.68 bits per heavy atom. The summed E-state index contributed by atoms with van der Waals surface area (Å²) in [5.74, 6) is -0.939. The molecule has 2 aliphatic heterocycles. The zero-order valence-electron chi connectivity index (χ0n) is 15.0. The predicted molar refractivity (Wildman–Crippen MR) is 107 cm³/mol. The van der Waals surface area contributed by atoms with Crippen LogP contribution in [0.3, 0.4) is 0 Å². The van der Waals surface area contributed by atoms with E-state index in [-0.39, 0.29) is 0 Å². The molecule has 28 heavy (non-hydrogen) atoms. The van der Waals surface area contributed by atoms with Crippen molar-refractivity contribution in [1.29, 1.82) is 0 Å². The van der Waals surface area contributed by atoms with E-state index in [0.717, 1.165) is 24.7 Å². The number of carboxylic acids is 2. The first kappa shape index (κ1) is 19.6. The molecule has 7 heteroatoms. The standard InChI is InChI=1S/C17H15ClN2.C4H4O4/c18-13-7-5-12(6-8-13)16-11-20-10-9-19-17(20)15-4-2-1-3-14(15)16;5-3(6)1-2-4(7)8/h1-8,16H,9-11H2;1-2H,(H,5,6)(H,7,8)/b;2-1+. The molecular formula is C21H19ClN2O4. The number of hydrogen-bond acceptors (Lipinski definition) is 4. The number of fused-ring (bicyclic) bond motifs is 3. The van der Waals surface area contributed by atoms with Gasteiger partial charge in [0.05, 0.1) is 6.54 Å². The summed E-state index contributed by atoms with van der Waals surface area (Å²) in [7, 11) is 0. The lowest BCUT2D eigenvalue weighted by molar-refractivity contribution is -0.134. The summed E-state index contributed by atoms with van der Waals surface area (Å²) in [6.45, 7) is 2.96. The second kappa shape index (κ2) is 8.71. The highest BCUT2D eigenvalue weighted by atomic mass is 35.5. The van der Waals surface area contributed by atoms with Gasteiger partial charge in [-0.1, -0.05) is 48.0 Å². The summed E-state index contributed by atoms with van der Waals surface area (Å²) < 4.78 is 0. The highest BCUT2D eigenvalue weighted by molar-refractivity contribution is 6.30. The van der Waals surface area contributed by atoms with Gasteiger partial charge in [0.1, 0.15) is 5.84 Å². The Hall–Kier alpha value is -3.12. The molecule has 0 radical (unpaired) electrons. The molecule has 6 nitrogen and oxygen atoms in total. The van der Waals surface area contributed by atoms with E-state index in [1.165, 1.54) is 22.5 Å². The average molecular weight is 399 g/mol. The second-order valence-electron chi connectivity index (χ2n) is 6.35. The van der Waals surface area contributed by atoms with Crippen molar-refractivity contribution in [3.63, 3.8) is 0 Å². The molecule has 4 rings (SSSR count). The number of halogens is 1. The zero-order valence-corrected chi connectivity index (χ0v) is 15.7. The van der Waals surface area contributed by atoms with Crippen LogP contribution < -0.4 is 0 Å². The SMILES string of the molecule is Clc1ccc(C2CN3CCN=C3c3ccccc32)cc1.O=C(O)/C=C/C(=O)O. The van der Waals surface area contributed by atoms with Crippen molar-refractivity contribution in [3.8, 4) is 0 Å². The van der Waals surface area contributed by atoms with Crippen LogP contribution >= 0.6 is 11.6 Å². The molecule has 0 bridgehead atoms. The molecule has 2 N–H and O–H groups in total. The van der Waals surface area contributed by atoms with Crippen LogP contribution in [0.5, 0.6) is 0 Å². The van der Waals surface area contributed by atoms with Crippen LogP contribution in [0.25, 0.3) is 0 Å². The van der Waals surface area contributed by atoms with Crippen LogP contribution in [-0.2, 0) is 9.59 Å². The monoisotopic (exact) mass is 398 g/mol. The number of amidine groups is 1. The first-order valence-corrected chi connectivity index (χ1v) is 9.11. The maximum Gasteiger partial charge on any atom is 0.328 e. The van der Waals surface area contributed by atoms with Crippen LogP contribution in [-0.4, -0.2) is 52.5 Å². The Balaban J connectivity index is 0.000000242. The molecule has 0 spiro atoms. The van der Waals surface area contributed by atoms with Crippen LogP contribution in [0.15, 0.2) is 65.7 Å². The second-order valence-corrected chi connectivity index (χ2v) is 6.79. The van der Waals surface area contributed by atoms with E-state index in [2.05, 4.69) is 46.3 Å². The fourth-order valence-electron chi connectivity index (χ4n) is 3.36. The van der Waals surface area contributed by atoms with Gasteiger partial charge in [0.2, 0.25) is 0 Å². The molecule has 0 fully saturated rings. The average Bonchev–Trinajstić information content (AvgIpc) is 3.16. The highest BCUT2D eigenvalue weighted by Crippen LogP contribution is 2.35. The lowest BCUT2D eigenvalue weighted by Crippen LogP contribution is -2.38. The topological polar surface area (TPSA) is 90.2 Å². The van der Waals surface area contributed by atoms with Crippen molar-refractivity contribution >= 4 is 29.4 Å². The Labute approximate surface area is 167 Å². The molecule has 0 aromatic heterocycles. The van der Waals surface area contributed by atoms with Crippen molar-refractivity contribution in [2.45, 2.75) is 5.92 Å². The number of hydrogen-bond donors (Lipinski definition) is 2. The molecule has 0 aliphatic carbocycles. The summed E-state index contributed by atoms with van der Waals surface area (Å²) in [5.41, 5.74) is 4.00. The smallest absolute Gasteiger partial charge is 0.328 e. The number of nitrogens with zero attached hydrogens (tertiary/aromatic N) is 2. The summed E-state index contributed by atoms with van der Waals surface area (Å²) in [5, 5.41) is 16.4. The number of carbonyl (C=O) groups is 2. The van der Waals surface area contributed by atoms with Gasteiger partial charge in [-0.3, -0.25) is 4.99 Å². The summed E-state index contributed by atoms with van der Waals surface area (Å²) in [6.07, 6.45) is 1.12. The van der Waals surface area contributed by atoms with Crippen LogP contribution in [0, 0.1) is 0 Å². The number of aliphatic carboxylic acids is 2. The van der Waals surface area contributed by atoms with E-state index in [4.69, 9.17) is 21.8 Å². The van der Waals surface area contributed by atoms with Gasteiger partial charge in [0.25, 0.3) is 0 Å². The van der Waals surface area contributed by atoms with Crippen LogP contribution in [0.2, 0.25) is 5.02 Å². The van der Waals surface area contributed by atoms with Gasteiger partial charge in [-0.2, -0.15) is 0 Å². The van der Waals surface area contributed by atoms with Gasteiger partial charge in [0, 0.05) is 41.7 Å². The normalized spacial score (nSPS) is 17.2. The molecule has 0 saturated heterocycles. The van der Waals surface area contributed by atoms with Gasteiger partial charge in [0.15, 0.2) is 0 Å². The van der Waals surface area contributed by atoms with Crippen molar-refractivity contribution in [2.75, 3.05) is 19.6 Å². The zero-order chi connectivity index (χ0) is 20.1. The molecule has 1 unspecified atom stereocenters. The maximum atomic E-state index is 9.55. The van der Waals surface area contributed by atoms with E-state index in [1.807, 2.05) is 12.1 Å². The van der Waals surface area contributed by atoms with Gasteiger partial charge >= 0.3 is 11.9 Å². The van der Waals surface area contributed by atoms with E-state index >= 15 is 0 Å². The molecule has 2 aromatic carbocycles. The van der Waals surface area contributed by atoms with Gasteiger partial charge in [-0.15, -0.1) is 0 Å².